The van der Waals surface area contributed by atoms with E-state index in [9.17, 15) is 14.0 Å². The Morgan fingerprint density at radius 2 is 1.79 bits per heavy atom. The lowest BCUT2D eigenvalue weighted by atomic mass is 10.0. The first kappa shape index (κ1) is 18.9. The highest BCUT2D eigenvalue weighted by molar-refractivity contribution is 5.95. The van der Waals surface area contributed by atoms with E-state index in [0.29, 0.717) is 42.9 Å². The molecule has 8 nitrogen and oxygen atoms in total. The highest BCUT2D eigenvalue weighted by Gasteiger charge is 2.27. The summed E-state index contributed by atoms with van der Waals surface area (Å²) >= 11 is 0. The van der Waals surface area contributed by atoms with Crippen molar-refractivity contribution in [2.45, 2.75) is 25.8 Å². The lowest BCUT2D eigenvalue weighted by Gasteiger charge is -2.32. The van der Waals surface area contributed by atoms with Crippen LogP contribution in [0.2, 0.25) is 0 Å². The van der Waals surface area contributed by atoms with E-state index in [1.54, 1.807) is 32.6 Å². The molecule has 1 saturated heterocycles. The Morgan fingerprint density at radius 1 is 1.10 bits per heavy atom. The summed E-state index contributed by atoms with van der Waals surface area (Å²) in [7, 11) is 0. The van der Waals surface area contributed by atoms with Gasteiger partial charge in [0.15, 0.2) is 0 Å². The van der Waals surface area contributed by atoms with Crippen molar-refractivity contribution >= 4 is 11.9 Å². The standard InChI is InChI=1S/C20H20FN5O3/c1-13-18(11-23-26(13)17-4-2-15(21)3-5-17)19(27)24-8-6-16(7-9-24)25-12-14(10-22-25)20(28)29/h2-5,10-12,16H,6-9H2,1H3,(H,28,29). The van der Waals surface area contributed by atoms with Gasteiger partial charge in [0.1, 0.15) is 5.82 Å². The fourth-order valence-electron chi connectivity index (χ4n) is 3.61. The Hall–Kier alpha value is -3.49. The number of piperidine rings is 1. The molecular weight excluding hydrogens is 377 g/mol. The molecule has 2 aromatic heterocycles. The molecule has 0 saturated carbocycles. The van der Waals surface area contributed by atoms with Crippen LogP contribution in [-0.4, -0.2) is 54.5 Å². The Kier molecular flexibility index (Phi) is 4.87. The molecule has 9 heteroatoms. The minimum absolute atomic E-state index is 0.0650. The summed E-state index contributed by atoms with van der Waals surface area (Å²) in [5, 5.41) is 17.5. The molecule has 0 bridgehead atoms. The molecule has 0 radical (unpaired) electrons. The van der Waals surface area contributed by atoms with Gasteiger partial charge in [-0.25, -0.2) is 13.9 Å². The number of likely N-dealkylation sites (tertiary alicyclic amines) is 1. The third-order valence-corrected chi connectivity index (χ3v) is 5.29. The van der Waals surface area contributed by atoms with Gasteiger partial charge in [-0.3, -0.25) is 9.48 Å². The number of hydrogen-bond acceptors (Lipinski definition) is 4. The van der Waals surface area contributed by atoms with Crippen molar-refractivity contribution in [3.05, 3.63) is 65.5 Å². The van der Waals surface area contributed by atoms with Gasteiger partial charge in [0, 0.05) is 19.3 Å². The molecule has 3 heterocycles. The number of carboxylic acid groups (broad SMARTS) is 1. The summed E-state index contributed by atoms with van der Waals surface area (Å²) in [6, 6.07) is 6.01. The number of nitrogens with zero attached hydrogens (tertiary/aromatic N) is 5. The van der Waals surface area contributed by atoms with E-state index in [0.717, 1.165) is 0 Å². The molecule has 150 valence electrons. The van der Waals surface area contributed by atoms with Gasteiger partial charge in [-0.05, 0) is 44.0 Å². The quantitative estimate of drug-likeness (QED) is 0.731. The van der Waals surface area contributed by atoms with E-state index in [1.807, 2.05) is 6.92 Å². The van der Waals surface area contributed by atoms with Gasteiger partial charge in [0.2, 0.25) is 0 Å². The normalized spacial score (nSPS) is 14.9. The zero-order valence-electron chi connectivity index (χ0n) is 15.8. The van der Waals surface area contributed by atoms with E-state index in [4.69, 9.17) is 5.11 Å². The summed E-state index contributed by atoms with van der Waals surface area (Å²) in [6.07, 6.45) is 5.80. The van der Waals surface area contributed by atoms with Crippen LogP contribution in [0.5, 0.6) is 0 Å². The Bertz CT molecular complexity index is 1050. The molecule has 29 heavy (non-hydrogen) atoms. The second-order valence-electron chi connectivity index (χ2n) is 7.07. The average molecular weight is 397 g/mol. The summed E-state index contributed by atoms with van der Waals surface area (Å²) in [5.41, 5.74) is 2.06. The fraction of sp³-hybridized carbons (Fsp3) is 0.300. The van der Waals surface area contributed by atoms with Crippen LogP contribution in [0.4, 0.5) is 4.39 Å². The Morgan fingerprint density at radius 3 is 2.41 bits per heavy atom. The smallest absolute Gasteiger partial charge is 0.338 e. The first-order valence-electron chi connectivity index (χ1n) is 9.31. The van der Waals surface area contributed by atoms with Gasteiger partial charge in [0.05, 0.1) is 40.9 Å². The highest BCUT2D eigenvalue weighted by Crippen LogP contribution is 2.24. The van der Waals surface area contributed by atoms with Gasteiger partial charge >= 0.3 is 5.97 Å². The molecule has 4 rings (SSSR count). The van der Waals surface area contributed by atoms with Crippen molar-refractivity contribution in [2.75, 3.05) is 13.1 Å². The zero-order chi connectivity index (χ0) is 20.5. The third kappa shape index (κ3) is 3.63. The molecule has 1 fully saturated rings. The molecule has 1 N–H and O–H groups in total. The number of carboxylic acids is 1. The fourth-order valence-corrected chi connectivity index (χ4v) is 3.61. The van der Waals surface area contributed by atoms with Crippen LogP contribution in [0, 0.1) is 12.7 Å². The van der Waals surface area contributed by atoms with Gasteiger partial charge in [-0.15, -0.1) is 0 Å². The van der Waals surface area contributed by atoms with E-state index in [-0.39, 0.29) is 23.3 Å². The van der Waals surface area contributed by atoms with Crippen molar-refractivity contribution in [3.8, 4) is 5.69 Å². The summed E-state index contributed by atoms with van der Waals surface area (Å²) < 4.78 is 16.4. The van der Waals surface area contributed by atoms with Gasteiger partial charge in [-0.1, -0.05) is 0 Å². The summed E-state index contributed by atoms with van der Waals surface area (Å²) in [4.78, 5) is 25.8. The van der Waals surface area contributed by atoms with Crippen molar-refractivity contribution in [2.24, 2.45) is 0 Å². The topological polar surface area (TPSA) is 93.2 Å². The van der Waals surface area contributed by atoms with E-state index in [2.05, 4.69) is 10.2 Å². The third-order valence-electron chi connectivity index (χ3n) is 5.29. The lowest BCUT2D eigenvalue weighted by Crippen LogP contribution is -2.39. The van der Waals surface area contributed by atoms with Crippen LogP contribution in [0.25, 0.3) is 5.69 Å². The summed E-state index contributed by atoms with van der Waals surface area (Å²) in [5.74, 6) is -1.43. The maximum absolute atomic E-state index is 13.1. The van der Waals surface area contributed by atoms with Gasteiger partial charge < -0.3 is 10.0 Å². The predicted octanol–water partition coefficient (Wildman–Crippen LogP) is 2.69. The van der Waals surface area contributed by atoms with Crippen LogP contribution >= 0.6 is 0 Å². The van der Waals surface area contributed by atoms with Gasteiger partial charge in [0.25, 0.3) is 5.91 Å². The predicted molar refractivity (Wildman–Crippen MR) is 102 cm³/mol. The Labute approximate surface area is 166 Å². The number of halogens is 1. The zero-order valence-corrected chi connectivity index (χ0v) is 15.8. The maximum Gasteiger partial charge on any atom is 0.338 e. The number of carbonyl (C=O) groups excluding carboxylic acids is 1. The molecule has 0 atom stereocenters. The lowest BCUT2D eigenvalue weighted by molar-refractivity contribution is 0.0687. The second-order valence-corrected chi connectivity index (χ2v) is 7.07. The molecule has 1 aromatic carbocycles. The van der Waals surface area contributed by atoms with Gasteiger partial charge in [-0.2, -0.15) is 10.2 Å². The second kappa shape index (κ2) is 7.50. The Balaban J connectivity index is 1.44. The molecule has 3 aromatic rings. The monoisotopic (exact) mass is 397 g/mol. The van der Waals surface area contributed by atoms with E-state index >= 15 is 0 Å². The highest BCUT2D eigenvalue weighted by atomic mass is 19.1. The largest absolute Gasteiger partial charge is 0.478 e. The minimum atomic E-state index is -1.00. The van der Waals surface area contributed by atoms with Crippen LogP contribution in [0.1, 0.15) is 45.3 Å². The van der Waals surface area contributed by atoms with Crippen molar-refractivity contribution < 1.29 is 19.1 Å². The number of aromatic nitrogens is 4. The molecule has 0 unspecified atom stereocenters. The summed E-state index contributed by atoms with van der Waals surface area (Å²) in [6.45, 7) is 2.91. The first-order chi connectivity index (χ1) is 13.9. The number of amides is 1. The molecule has 0 aliphatic carbocycles. The molecule has 0 spiro atoms. The van der Waals surface area contributed by atoms with Crippen LogP contribution in [-0.2, 0) is 0 Å². The molecule has 1 aliphatic heterocycles. The molecular formula is C20H20FN5O3. The van der Waals surface area contributed by atoms with Crippen molar-refractivity contribution in [3.63, 3.8) is 0 Å². The minimum Gasteiger partial charge on any atom is -0.478 e. The number of carbonyl (C=O) groups is 2. The molecule has 1 amide bonds. The molecule has 1 aliphatic rings. The number of hydrogen-bond donors (Lipinski definition) is 1. The number of aromatic carboxylic acids is 1. The van der Waals surface area contributed by atoms with Crippen LogP contribution < -0.4 is 0 Å². The number of rotatable bonds is 4. The SMILES string of the molecule is Cc1c(C(=O)N2CCC(n3cc(C(=O)O)cn3)CC2)cnn1-c1ccc(F)cc1. The van der Waals surface area contributed by atoms with E-state index < -0.39 is 5.97 Å². The van der Waals surface area contributed by atoms with Crippen molar-refractivity contribution in [1.82, 2.24) is 24.5 Å². The van der Waals surface area contributed by atoms with Crippen molar-refractivity contribution in [1.29, 1.82) is 0 Å². The number of benzene rings is 1. The average Bonchev–Trinajstić information content (AvgIpc) is 3.36. The van der Waals surface area contributed by atoms with Crippen LogP contribution in [0.15, 0.2) is 42.9 Å². The van der Waals surface area contributed by atoms with E-state index in [1.165, 1.54) is 24.5 Å². The maximum atomic E-state index is 13.1. The first-order valence-corrected chi connectivity index (χ1v) is 9.31. The van der Waals surface area contributed by atoms with Crippen LogP contribution in [0.3, 0.4) is 0 Å².